The number of amides is 1. The maximum absolute atomic E-state index is 11.5. The molecule has 1 aromatic rings. The summed E-state index contributed by atoms with van der Waals surface area (Å²) in [6.07, 6.45) is 2.67. The first-order valence-corrected chi connectivity index (χ1v) is 5.52. The summed E-state index contributed by atoms with van der Waals surface area (Å²) in [7, 11) is 1.60. The second-order valence-corrected chi connectivity index (χ2v) is 3.53. The smallest absolute Gasteiger partial charge is 0.238 e. The van der Waals surface area contributed by atoms with Crippen LogP contribution in [-0.2, 0) is 4.79 Å². The lowest BCUT2D eigenvalue weighted by Crippen LogP contribution is -2.28. The highest BCUT2D eigenvalue weighted by molar-refractivity contribution is 5.92. The van der Waals surface area contributed by atoms with Crippen LogP contribution in [0.25, 0.3) is 0 Å². The number of anilines is 1. The fourth-order valence-electron chi connectivity index (χ4n) is 1.31. The first-order chi connectivity index (χ1) is 8.26. The predicted molar refractivity (Wildman–Crippen MR) is 69.3 cm³/mol. The molecule has 4 heteroatoms. The topological polar surface area (TPSA) is 50.4 Å². The van der Waals surface area contributed by atoms with Gasteiger partial charge in [0.1, 0.15) is 5.75 Å². The third-order valence-electron chi connectivity index (χ3n) is 2.16. The third-order valence-corrected chi connectivity index (χ3v) is 2.16. The van der Waals surface area contributed by atoms with Crippen molar-refractivity contribution in [1.82, 2.24) is 5.32 Å². The van der Waals surface area contributed by atoms with Gasteiger partial charge < -0.3 is 15.4 Å². The van der Waals surface area contributed by atoms with Gasteiger partial charge in [-0.2, -0.15) is 0 Å². The number of nitrogens with one attached hydrogen (secondary N) is 2. The average Bonchev–Trinajstić information content (AvgIpc) is 2.35. The minimum Gasteiger partial charge on any atom is -0.497 e. The maximum atomic E-state index is 11.5. The van der Waals surface area contributed by atoms with Crippen LogP contribution >= 0.6 is 0 Å². The molecule has 1 amide bonds. The van der Waals surface area contributed by atoms with E-state index in [0.29, 0.717) is 6.54 Å². The molecule has 1 aromatic carbocycles. The quantitative estimate of drug-likeness (QED) is 0.558. The number of benzene rings is 1. The van der Waals surface area contributed by atoms with Crippen LogP contribution in [0.4, 0.5) is 5.69 Å². The van der Waals surface area contributed by atoms with Crippen molar-refractivity contribution in [3.63, 3.8) is 0 Å². The van der Waals surface area contributed by atoms with E-state index in [2.05, 4.69) is 17.2 Å². The Morgan fingerprint density at radius 2 is 2.35 bits per heavy atom. The van der Waals surface area contributed by atoms with E-state index in [1.807, 2.05) is 24.3 Å². The molecule has 17 heavy (non-hydrogen) atoms. The Labute approximate surface area is 102 Å². The highest BCUT2D eigenvalue weighted by Crippen LogP contribution is 2.16. The van der Waals surface area contributed by atoms with E-state index in [1.165, 1.54) is 0 Å². The normalized spacial score (nSPS) is 9.71. The van der Waals surface area contributed by atoms with Crippen molar-refractivity contribution in [2.45, 2.75) is 6.42 Å². The van der Waals surface area contributed by atoms with Crippen LogP contribution in [0, 0.1) is 0 Å². The zero-order chi connectivity index (χ0) is 12.5. The van der Waals surface area contributed by atoms with Gasteiger partial charge in [-0.3, -0.25) is 4.79 Å². The Balaban J connectivity index is 2.36. The number of hydrogen-bond acceptors (Lipinski definition) is 3. The lowest BCUT2D eigenvalue weighted by atomic mass is 10.3. The van der Waals surface area contributed by atoms with E-state index in [1.54, 1.807) is 13.2 Å². The molecule has 0 aliphatic carbocycles. The molecule has 0 spiro atoms. The van der Waals surface area contributed by atoms with Crippen molar-refractivity contribution in [2.75, 3.05) is 25.5 Å². The number of ether oxygens (including phenoxy) is 1. The molecule has 0 aliphatic rings. The molecule has 0 unspecified atom stereocenters. The molecule has 2 N–H and O–H groups in total. The molecule has 92 valence electrons. The second kappa shape index (κ2) is 7.46. The number of carbonyl (C=O) groups excluding carboxylic acids is 1. The Morgan fingerprint density at radius 3 is 3.06 bits per heavy atom. The number of carbonyl (C=O) groups is 1. The zero-order valence-corrected chi connectivity index (χ0v) is 10.0. The standard InChI is InChI=1S/C13H18N2O2/c1-3-4-8-14-10-13(16)15-11-6-5-7-12(9-11)17-2/h3,5-7,9,14H,1,4,8,10H2,2H3,(H,15,16). The summed E-state index contributed by atoms with van der Waals surface area (Å²) in [5.41, 5.74) is 0.736. The molecule has 0 atom stereocenters. The Morgan fingerprint density at radius 1 is 1.53 bits per heavy atom. The lowest BCUT2D eigenvalue weighted by molar-refractivity contribution is -0.115. The summed E-state index contributed by atoms with van der Waals surface area (Å²) < 4.78 is 5.07. The molecule has 0 bridgehead atoms. The summed E-state index contributed by atoms with van der Waals surface area (Å²) in [6.45, 7) is 4.67. The molecule has 0 saturated carbocycles. The number of rotatable bonds is 7. The van der Waals surface area contributed by atoms with Crippen LogP contribution < -0.4 is 15.4 Å². The maximum Gasteiger partial charge on any atom is 0.238 e. The molecular weight excluding hydrogens is 216 g/mol. The monoisotopic (exact) mass is 234 g/mol. The first-order valence-electron chi connectivity index (χ1n) is 5.52. The highest BCUT2D eigenvalue weighted by Gasteiger charge is 2.01. The van der Waals surface area contributed by atoms with Crippen LogP contribution in [0.1, 0.15) is 6.42 Å². The second-order valence-electron chi connectivity index (χ2n) is 3.53. The minimum absolute atomic E-state index is 0.0673. The zero-order valence-electron chi connectivity index (χ0n) is 10.0. The van der Waals surface area contributed by atoms with Crippen LogP contribution in [-0.4, -0.2) is 26.1 Å². The lowest BCUT2D eigenvalue weighted by Gasteiger charge is -2.07. The van der Waals surface area contributed by atoms with Gasteiger partial charge in [-0.05, 0) is 25.1 Å². The van der Waals surface area contributed by atoms with Crippen molar-refractivity contribution in [3.8, 4) is 5.75 Å². The fourth-order valence-corrected chi connectivity index (χ4v) is 1.31. The third kappa shape index (κ3) is 5.17. The van der Waals surface area contributed by atoms with E-state index >= 15 is 0 Å². The van der Waals surface area contributed by atoms with Crippen molar-refractivity contribution in [2.24, 2.45) is 0 Å². The van der Waals surface area contributed by atoms with Gasteiger partial charge in [-0.15, -0.1) is 6.58 Å². The summed E-state index contributed by atoms with van der Waals surface area (Å²) >= 11 is 0. The largest absolute Gasteiger partial charge is 0.497 e. The van der Waals surface area contributed by atoms with E-state index in [0.717, 1.165) is 24.4 Å². The van der Waals surface area contributed by atoms with Crippen molar-refractivity contribution in [1.29, 1.82) is 0 Å². The summed E-state index contributed by atoms with van der Waals surface area (Å²) in [6, 6.07) is 7.27. The van der Waals surface area contributed by atoms with E-state index in [4.69, 9.17) is 4.74 Å². The number of methoxy groups -OCH3 is 1. The highest BCUT2D eigenvalue weighted by atomic mass is 16.5. The van der Waals surface area contributed by atoms with Gasteiger partial charge in [0.2, 0.25) is 5.91 Å². The van der Waals surface area contributed by atoms with Crippen molar-refractivity contribution >= 4 is 11.6 Å². The molecule has 0 aliphatic heterocycles. The van der Waals surface area contributed by atoms with E-state index in [9.17, 15) is 4.79 Å². The molecule has 0 saturated heterocycles. The first kappa shape index (κ1) is 13.3. The molecular formula is C13H18N2O2. The van der Waals surface area contributed by atoms with Gasteiger partial charge in [0.15, 0.2) is 0 Å². The van der Waals surface area contributed by atoms with Gasteiger partial charge in [0.25, 0.3) is 0 Å². The SMILES string of the molecule is C=CCCNCC(=O)Nc1cccc(OC)c1. The van der Waals surface area contributed by atoms with E-state index < -0.39 is 0 Å². The Bertz CT molecular complexity index is 377. The van der Waals surface area contributed by atoms with Crippen molar-refractivity contribution < 1.29 is 9.53 Å². The molecule has 0 aromatic heterocycles. The van der Waals surface area contributed by atoms with Crippen LogP contribution in [0.2, 0.25) is 0 Å². The average molecular weight is 234 g/mol. The van der Waals surface area contributed by atoms with Crippen LogP contribution in [0.5, 0.6) is 5.75 Å². The summed E-state index contributed by atoms with van der Waals surface area (Å²) in [5.74, 6) is 0.657. The van der Waals surface area contributed by atoms with Crippen LogP contribution in [0.3, 0.4) is 0 Å². The number of hydrogen-bond donors (Lipinski definition) is 2. The summed E-state index contributed by atoms with van der Waals surface area (Å²) in [5, 5.41) is 5.81. The molecule has 0 fully saturated rings. The molecule has 4 nitrogen and oxygen atoms in total. The molecule has 0 heterocycles. The van der Waals surface area contributed by atoms with Crippen LogP contribution in [0.15, 0.2) is 36.9 Å². The molecule has 0 radical (unpaired) electrons. The predicted octanol–water partition coefficient (Wildman–Crippen LogP) is 1.80. The van der Waals surface area contributed by atoms with E-state index in [-0.39, 0.29) is 5.91 Å². The van der Waals surface area contributed by atoms with Crippen molar-refractivity contribution in [3.05, 3.63) is 36.9 Å². The van der Waals surface area contributed by atoms with Gasteiger partial charge >= 0.3 is 0 Å². The minimum atomic E-state index is -0.0673. The van der Waals surface area contributed by atoms with Gasteiger partial charge in [-0.1, -0.05) is 12.1 Å². The summed E-state index contributed by atoms with van der Waals surface area (Å²) in [4.78, 5) is 11.5. The Kier molecular flexibility index (Phi) is 5.82. The van der Waals surface area contributed by atoms with Gasteiger partial charge in [0, 0.05) is 11.8 Å². The van der Waals surface area contributed by atoms with Gasteiger partial charge in [0.05, 0.1) is 13.7 Å². The molecule has 1 rings (SSSR count). The van der Waals surface area contributed by atoms with Gasteiger partial charge in [-0.25, -0.2) is 0 Å². The fraction of sp³-hybridized carbons (Fsp3) is 0.308. The Hall–Kier alpha value is -1.81.